The molecular formula is C12H12F2N2O5. The Morgan fingerprint density at radius 2 is 2.05 bits per heavy atom. The van der Waals surface area contributed by atoms with Crippen LogP contribution in [0.15, 0.2) is 12.1 Å². The lowest BCUT2D eigenvalue weighted by Crippen LogP contribution is -2.30. The van der Waals surface area contributed by atoms with E-state index in [9.17, 15) is 28.5 Å². The number of hydrogen-bond donors (Lipinski definition) is 2. The zero-order valence-corrected chi connectivity index (χ0v) is 10.9. The van der Waals surface area contributed by atoms with E-state index in [1.54, 1.807) is 6.92 Å². The molecule has 7 nitrogen and oxygen atoms in total. The van der Waals surface area contributed by atoms with Gasteiger partial charge in [-0.25, -0.2) is 4.39 Å². The molecule has 1 atom stereocenters. The second-order valence-electron chi connectivity index (χ2n) is 4.46. The van der Waals surface area contributed by atoms with E-state index in [2.05, 4.69) is 5.32 Å². The van der Waals surface area contributed by atoms with E-state index in [0.717, 1.165) is 0 Å². The van der Waals surface area contributed by atoms with E-state index in [-0.39, 0.29) is 13.0 Å². The van der Waals surface area contributed by atoms with Gasteiger partial charge in [0.25, 0.3) is 5.91 Å². The number of hydrogen-bond acceptors (Lipinski definition) is 4. The summed E-state index contributed by atoms with van der Waals surface area (Å²) in [5, 5.41) is 21.3. The summed E-state index contributed by atoms with van der Waals surface area (Å²) >= 11 is 0. The van der Waals surface area contributed by atoms with Crippen LogP contribution in [-0.4, -0.2) is 28.5 Å². The third kappa shape index (κ3) is 4.48. The van der Waals surface area contributed by atoms with Gasteiger partial charge in [0.05, 0.1) is 16.6 Å². The third-order valence-electron chi connectivity index (χ3n) is 2.59. The highest BCUT2D eigenvalue weighted by molar-refractivity contribution is 5.95. The summed E-state index contributed by atoms with van der Waals surface area (Å²) in [6.45, 7) is 1.45. The van der Waals surface area contributed by atoms with Crippen LogP contribution in [0, 0.1) is 27.7 Å². The van der Waals surface area contributed by atoms with E-state index in [1.165, 1.54) is 0 Å². The zero-order valence-electron chi connectivity index (χ0n) is 10.9. The zero-order chi connectivity index (χ0) is 16.2. The molecule has 0 bridgehead atoms. The van der Waals surface area contributed by atoms with Gasteiger partial charge in [0.15, 0.2) is 0 Å². The number of nitro groups is 1. The van der Waals surface area contributed by atoms with Crippen LogP contribution >= 0.6 is 0 Å². The van der Waals surface area contributed by atoms with Crippen molar-refractivity contribution < 1.29 is 28.4 Å². The van der Waals surface area contributed by atoms with Gasteiger partial charge in [0.2, 0.25) is 5.82 Å². The second-order valence-corrected chi connectivity index (χ2v) is 4.46. The highest BCUT2D eigenvalue weighted by atomic mass is 19.1. The molecule has 2 N–H and O–H groups in total. The molecule has 114 valence electrons. The lowest BCUT2D eigenvalue weighted by Gasteiger charge is -2.11. The lowest BCUT2D eigenvalue weighted by molar-refractivity contribution is -0.387. The Hall–Kier alpha value is -2.58. The molecule has 21 heavy (non-hydrogen) atoms. The van der Waals surface area contributed by atoms with Crippen molar-refractivity contribution >= 4 is 17.6 Å². The normalized spacial score (nSPS) is 11.8. The third-order valence-corrected chi connectivity index (χ3v) is 2.59. The fourth-order valence-corrected chi connectivity index (χ4v) is 1.61. The molecule has 1 amide bonds. The Bertz CT molecular complexity index is 591. The molecule has 0 radical (unpaired) electrons. The Balaban J connectivity index is 2.88. The highest BCUT2D eigenvalue weighted by Gasteiger charge is 2.24. The van der Waals surface area contributed by atoms with Gasteiger partial charge in [-0.2, -0.15) is 4.39 Å². The number of carbonyl (C=O) groups excluding carboxylic acids is 1. The van der Waals surface area contributed by atoms with E-state index in [4.69, 9.17) is 5.11 Å². The molecule has 0 saturated carbocycles. The van der Waals surface area contributed by atoms with Crippen molar-refractivity contribution in [2.24, 2.45) is 5.92 Å². The average Bonchev–Trinajstić information content (AvgIpc) is 2.37. The summed E-state index contributed by atoms with van der Waals surface area (Å²) in [4.78, 5) is 31.5. The molecule has 0 spiro atoms. The fourth-order valence-electron chi connectivity index (χ4n) is 1.61. The summed E-state index contributed by atoms with van der Waals surface area (Å²) in [5.74, 6) is -5.11. The van der Waals surface area contributed by atoms with Gasteiger partial charge in [-0.15, -0.1) is 0 Å². The Morgan fingerprint density at radius 3 is 2.57 bits per heavy atom. The molecule has 0 aliphatic heterocycles. The molecule has 1 aromatic rings. The predicted molar refractivity (Wildman–Crippen MR) is 66.8 cm³/mol. The number of carboxylic acids is 1. The van der Waals surface area contributed by atoms with E-state index >= 15 is 0 Å². The van der Waals surface area contributed by atoms with Crippen LogP contribution in [0.4, 0.5) is 14.5 Å². The largest absolute Gasteiger partial charge is 0.481 e. The van der Waals surface area contributed by atoms with Crippen LogP contribution in [0.1, 0.15) is 23.7 Å². The summed E-state index contributed by atoms with van der Waals surface area (Å²) in [5.41, 5.74) is -1.94. The Morgan fingerprint density at radius 1 is 1.43 bits per heavy atom. The number of carboxylic acid groups (broad SMARTS) is 1. The first-order chi connectivity index (χ1) is 9.72. The van der Waals surface area contributed by atoms with Crippen molar-refractivity contribution in [2.75, 3.05) is 6.54 Å². The van der Waals surface area contributed by atoms with Crippen LogP contribution in [0.3, 0.4) is 0 Å². The number of nitro benzene ring substituents is 1. The van der Waals surface area contributed by atoms with Gasteiger partial charge in [0.1, 0.15) is 5.82 Å². The summed E-state index contributed by atoms with van der Waals surface area (Å²) in [6.07, 6.45) is -0.216. The van der Waals surface area contributed by atoms with Gasteiger partial charge in [-0.1, -0.05) is 6.92 Å². The van der Waals surface area contributed by atoms with Gasteiger partial charge < -0.3 is 10.4 Å². The van der Waals surface area contributed by atoms with Gasteiger partial charge in [0, 0.05) is 13.0 Å². The van der Waals surface area contributed by atoms with Gasteiger partial charge in [-0.05, 0) is 12.0 Å². The number of rotatable bonds is 6. The SMILES string of the molecule is CC(CNC(=O)c1cc(F)cc([N+](=O)[O-])c1F)CC(=O)O. The van der Waals surface area contributed by atoms with Gasteiger partial charge >= 0.3 is 11.7 Å². The molecule has 1 rings (SSSR count). The molecule has 1 unspecified atom stereocenters. The lowest BCUT2D eigenvalue weighted by atomic mass is 10.1. The molecule has 0 aromatic heterocycles. The van der Waals surface area contributed by atoms with Crippen LogP contribution in [-0.2, 0) is 4.79 Å². The quantitative estimate of drug-likeness (QED) is 0.614. The summed E-state index contributed by atoms with van der Waals surface area (Å²) in [7, 11) is 0. The van der Waals surface area contributed by atoms with E-state index in [0.29, 0.717) is 12.1 Å². The first-order valence-corrected chi connectivity index (χ1v) is 5.85. The average molecular weight is 302 g/mol. The first-order valence-electron chi connectivity index (χ1n) is 5.85. The molecule has 1 aromatic carbocycles. The molecule has 0 heterocycles. The summed E-state index contributed by atoms with van der Waals surface area (Å²) < 4.78 is 26.9. The number of aliphatic carboxylic acids is 1. The molecule has 0 fully saturated rings. The van der Waals surface area contributed by atoms with E-state index in [1.807, 2.05) is 0 Å². The molecule has 0 saturated heterocycles. The van der Waals surface area contributed by atoms with Crippen LogP contribution in [0.2, 0.25) is 0 Å². The van der Waals surface area contributed by atoms with Crippen molar-refractivity contribution in [3.63, 3.8) is 0 Å². The Kier molecular flexibility index (Phi) is 5.28. The van der Waals surface area contributed by atoms with Crippen LogP contribution in [0.5, 0.6) is 0 Å². The number of halogens is 2. The van der Waals surface area contributed by atoms with Crippen molar-refractivity contribution in [2.45, 2.75) is 13.3 Å². The van der Waals surface area contributed by atoms with Crippen LogP contribution in [0.25, 0.3) is 0 Å². The standard InChI is InChI=1S/C12H12F2N2O5/c1-6(2-10(17)18)5-15-12(19)8-3-7(13)4-9(11(8)14)16(20)21/h3-4,6H,2,5H2,1H3,(H,15,19)(H,17,18). The summed E-state index contributed by atoms with van der Waals surface area (Å²) in [6, 6.07) is 0.915. The predicted octanol–water partition coefficient (Wildman–Crippen LogP) is 1.71. The maximum atomic E-state index is 13.7. The van der Waals surface area contributed by atoms with Gasteiger partial charge in [-0.3, -0.25) is 19.7 Å². The highest BCUT2D eigenvalue weighted by Crippen LogP contribution is 2.22. The molecule has 9 heteroatoms. The van der Waals surface area contributed by atoms with E-state index < -0.39 is 45.6 Å². The maximum absolute atomic E-state index is 13.7. The number of carbonyl (C=O) groups is 2. The minimum absolute atomic E-state index is 0.0884. The Labute approximate surface area is 117 Å². The van der Waals surface area contributed by atoms with Crippen LogP contribution < -0.4 is 5.32 Å². The number of amides is 1. The minimum atomic E-state index is -1.44. The molecule has 0 aliphatic carbocycles. The van der Waals surface area contributed by atoms with Crippen molar-refractivity contribution in [1.29, 1.82) is 0 Å². The second kappa shape index (κ2) is 6.73. The van der Waals surface area contributed by atoms with Crippen molar-refractivity contribution in [3.05, 3.63) is 39.4 Å². The number of nitrogens with one attached hydrogen (secondary N) is 1. The first kappa shape index (κ1) is 16.5. The smallest absolute Gasteiger partial charge is 0.308 e. The monoisotopic (exact) mass is 302 g/mol. The number of nitrogens with zero attached hydrogens (tertiary/aromatic N) is 1. The maximum Gasteiger partial charge on any atom is 0.308 e. The number of benzene rings is 1. The van der Waals surface area contributed by atoms with Crippen molar-refractivity contribution in [3.8, 4) is 0 Å². The topological polar surface area (TPSA) is 110 Å². The minimum Gasteiger partial charge on any atom is -0.481 e. The fraction of sp³-hybridized carbons (Fsp3) is 0.333. The molecule has 0 aliphatic rings. The van der Waals surface area contributed by atoms with Crippen molar-refractivity contribution in [1.82, 2.24) is 5.32 Å². The molecular weight excluding hydrogens is 290 g/mol.